The van der Waals surface area contributed by atoms with E-state index in [4.69, 9.17) is 4.42 Å². The lowest BCUT2D eigenvalue weighted by Gasteiger charge is -2.15. The largest absolute Gasteiger partial charge is 0.464 e. The summed E-state index contributed by atoms with van der Waals surface area (Å²) >= 11 is 3.07. The molecular formula is C16H19N5O2S2. The van der Waals surface area contributed by atoms with E-state index in [9.17, 15) is 4.79 Å². The SMILES string of the molecule is Cc1ccc(CN(C)C(=O)CSc2nnnn2CCc2cccs2)o1. The Morgan fingerprint density at radius 1 is 1.40 bits per heavy atom. The number of carbonyl (C=O) groups excluding carboxylic acids is 1. The number of aromatic nitrogens is 4. The van der Waals surface area contributed by atoms with Crippen molar-refractivity contribution in [3.8, 4) is 0 Å². The quantitative estimate of drug-likeness (QED) is 0.562. The van der Waals surface area contributed by atoms with Gasteiger partial charge in [-0.1, -0.05) is 17.8 Å². The molecule has 7 nitrogen and oxygen atoms in total. The van der Waals surface area contributed by atoms with Gasteiger partial charge in [0.15, 0.2) is 0 Å². The Morgan fingerprint density at radius 2 is 2.28 bits per heavy atom. The Bertz CT molecular complexity index is 812. The number of rotatable bonds is 8. The van der Waals surface area contributed by atoms with Crippen molar-refractivity contribution in [2.75, 3.05) is 12.8 Å². The van der Waals surface area contributed by atoms with E-state index in [0.29, 0.717) is 18.2 Å². The molecule has 0 aliphatic rings. The first-order chi connectivity index (χ1) is 12.1. The lowest BCUT2D eigenvalue weighted by molar-refractivity contribution is -0.127. The van der Waals surface area contributed by atoms with Gasteiger partial charge in [0, 0.05) is 18.3 Å². The van der Waals surface area contributed by atoms with E-state index in [0.717, 1.165) is 17.9 Å². The van der Waals surface area contributed by atoms with Crippen molar-refractivity contribution in [2.45, 2.75) is 31.6 Å². The van der Waals surface area contributed by atoms with Crippen LogP contribution in [0, 0.1) is 6.92 Å². The van der Waals surface area contributed by atoms with Crippen molar-refractivity contribution in [1.82, 2.24) is 25.1 Å². The summed E-state index contributed by atoms with van der Waals surface area (Å²) < 4.78 is 7.25. The van der Waals surface area contributed by atoms with Crippen molar-refractivity contribution in [2.24, 2.45) is 0 Å². The molecule has 25 heavy (non-hydrogen) atoms. The van der Waals surface area contributed by atoms with E-state index in [1.165, 1.54) is 16.6 Å². The Morgan fingerprint density at radius 3 is 3.00 bits per heavy atom. The summed E-state index contributed by atoms with van der Waals surface area (Å²) in [6, 6.07) is 7.91. The lowest BCUT2D eigenvalue weighted by atomic mass is 10.3. The monoisotopic (exact) mass is 377 g/mol. The van der Waals surface area contributed by atoms with E-state index in [1.807, 2.05) is 25.1 Å². The summed E-state index contributed by atoms with van der Waals surface area (Å²) in [5.74, 6) is 1.91. The van der Waals surface area contributed by atoms with Crippen molar-refractivity contribution >= 4 is 29.0 Å². The van der Waals surface area contributed by atoms with Crippen LogP contribution in [0.25, 0.3) is 0 Å². The van der Waals surface area contributed by atoms with Gasteiger partial charge in [0.05, 0.1) is 18.8 Å². The molecule has 0 saturated heterocycles. The van der Waals surface area contributed by atoms with Gasteiger partial charge in [0.2, 0.25) is 11.1 Å². The maximum Gasteiger partial charge on any atom is 0.233 e. The zero-order valence-corrected chi connectivity index (χ0v) is 15.7. The van der Waals surface area contributed by atoms with Gasteiger partial charge in [0.1, 0.15) is 11.5 Å². The van der Waals surface area contributed by atoms with Gasteiger partial charge >= 0.3 is 0 Å². The number of carbonyl (C=O) groups is 1. The number of tetrazole rings is 1. The van der Waals surface area contributed by atoms with Gasteiger partial charge in [-0.25, -0.2) is 4.68 Å². The molecule has 0 spiro atoms. The van der Waals surface area contributed by atoms with Crippen molar-refractivity contribution in [3.05, 3.63) is 46.0 Å². The van der Waals surface area contributed by atoms with Crippen molar-refractivity contribution in [1.29, 1.82) is 0 Å². The van der Waals surface area contributed by atoms with E-state index in [2.05, 4.69) is 27.0 Å². The third-order valence-corrected chi connectivity index (χ3v) is 5.47. The number of nitrogens with zero attached hydrogens (tertiary/aromatic N) is 5. The molecule has 0 unspecified atom stereocenters. The van der Waals surface area contributed by atoms with Gasteiger partial charge in [0.25, 0.3) is 0 Å². The second-order valence-corrected chi connectivity index (χ2v) is 7.54. The van der Waals surface area contributed by atoms with Crippen LogP contribution in [-0.2, 0) is 24.3 Å². The molecule has 0 aromatic carbocycles. The highest BCUT2D eigenvalue weighted by Gasteiger charge is 2.14. The average Bonchev–Trinajstić information content (AvgIpc) is 3.33. The Hall–Kier alpha value is -2.13. The summed E-state index contributed by atoms with van der Waals surface area (Å²) in [6.07, 6.45) is 0.877. The van der Waals surface area contributed by atoms with Gasteiger partial charge in [-0.2, -0.15) is 0 Å². The minimum absolute atomic E-state index is 0.00635. The average molecular weight is 377 g/mol. The standard InChI is InChI=1S/C16H19N5O2S2/c1-12-5-6-13(23-12)10-20(2)15(22)11-25-16-17-18-19-21(16)8-7-14-4-3-9-24-14/h3-6,9H,7-8,10-11H2,1-2H3. The Labute approximate surface area is 154 Å². The van der Waals surface area contributed by atoms with Crippen LogP contribution in [0.2, 0.25) is 0 Å². The van der Waals surface area contributed by atoms with Gasteiger partial charge in [-0.3, -0.25) is 4.79 Å². The molecule has 0 aliphatic carbocycles. The van der Waals surface area contributed by atoms with Crippen LogP contribution in [0.4, 0.5) is 0 Å². The Balaban J connectivity index is 1.49. The summed E-state index contributed by atoms with van der Waals surface area (Å²) in [7, 11) is 1.76. The fraction of sp³-hybridized carbons (Fsp3) is 0.375. The highest BCUT2D eigenvalue weighted by molar-refractivity contribution is 7.99. The van der Waals surface area contributed by atoms with Crippen LogP contribution in [0.5, 0.6) is 0 Å². The lowest BCUT2D eigenvalue weighted by Crippen LogP contribution is -2.27. The van der Waals surface area contributed by atoms with Gasteiger partial charge in [-0.15, -0.1) is 16.4 Å². The summed E-state index contributed by atoms with van der Waals surface area (Å²) in [6.45, 7) is 3.04. The van der Waals surface area contributed by atoms with E-state index < -0.39 is 0 Å². The predicted molar refractivity (Wildman–Crippen MR) is 96.5 cm³/mol. The number of thioether (sulfide) groups is 1. The summed E-state index contributed by atoms with van der Waals surface area (Å²) in [5.41, 5.74) is 0. The van der Waals surface area contributed by atoms with Crippen LogP contribution in [0.15, 0.2) is 39.2 Å². The number of aryl methyl sites for hydroxylation is 3. The van der Waals surface area contributed by atoms with E-state index >= 15 is 0 Å². The molecule has 3 rings (SSSR count). The molecular weight excluding hydrogens is 358 g/mol. The van der Waals surface area contributed by atoms with Crippen LogP contribution in [0.3, 0.4) is 0 Å². The summed E-state index contributed by atoms with van der Waals surface area (Å²) in [5, 5.41) is 14.5. The fourth-order valence-electron chi connectivity index (χ4n) is 2.24. The molecule has 0 N–H and O–H groups in total. The highest BCUT2D eigenvalue weighted by Crippen LogP contribution is 2.17. The fourth-order valence-corrected chi connectivity index (χ4v) is 3.78. The smallest absolute Gasteiger partial charge is 0.233 e. The maximum atomic E-state index is 12.3. The van der Waals surface area contributed by atoms with E-state index in [1.54, 1.807) is 28.0 Å². The molecule has 0 aliphatic heterocycles. The molecule has 0 saturated carbocycles. The molecule has 3 aromatic rings. The maximum absolute atomic E-state index is 12.3. The number of hydrogen-bond donors (Lipinski definition) is 0. The molecule has 3 heterocycles. The normalized spacial score (nSPS) is 11.0. The zero-order chi connectivity index (χ0) is 17.6. The first kappa shape index (κ1) is 17.7. The number of hydrogen-bond acceptors (Lipinski definition) is 7. The molecule has 9 heteroatoms. The van der Waals surface area contributed by atoms with Crippen LogP contribution >= 0.6 is 23.1 Å². The van der Waals surface area contributed by atoms with Crippen LogP contribution < -0.4 is 0 Å². The van der Waals surface area contributed by atoms with E-state index in [-0.39, 0.29) is 11.7 Å². The topological polar surface area (TPSA) is 77.1 Å². The third kappa shape index (κ3) is 4.93. The third-order valence-electron chi connectivity index (χ3n) is 3.59. The molecule has 3 aromatic heterocycles. The first-order valence-corrected chi connectivity index (χ1v) is 9.69. The highest BCUT2D eigenvalue weighted by atomic mass is 32.2. The number of thiophene rings is 1. The Kier molecular flexibility index (Phi) is 5.87. The molecule has 0 radical (unpaired) electrons. The summed E-state index contributed by atoms with van der Waals surface area (Å²) in [4.78, 5) is 15.2. The van der Waals surface area contributed by atoms with Crippen molar-refractivity contribution < 1.29 is 9.21 Å². The predicted octanol–water partition coefficient (Wildman–Crippen LogP) is 2.63. The molecule has 0 bridgehead atoms. The van der Waals surface area contributed by atoms with Gasteiger partial charge in [-0.05, 0) is 40.9 Å². The molecule has 1 amide bonds. The second kappa shape index (κ2) is 8.30. The minimum atomic E-state index is 0.00635. The zero-order valence-electron chi connectivity index (χ0n) is 14.1. The van der Waals surface area contributed by atoms with Gasteiger partial charge < -0.3 is 9.32 Å². The minimum Gasteiger partial charge on any atom is -0.464 e. The second-order valence-electron chi connectivity index (χ2n) is 5.56. The molecule has 0 atom stereocenters. The van der Waals surface area contributed by atoms with Crippen LogP contribution in [0.1, 0.15) is 16.4 Å². The van der Waals surface area contributed by atoms with Crippen molar-refractivity contribution in [3.63, 3.8) is 0 Å². The number of amides is 1. The first-order valence-electron chi connectivity index (χ1n) is 7.82. The van der Waals surface area contributed by atoms with Crippen LogP contribution in [-0.4, -0.2) is 43.8 Å². The number of furan rings is 1. The molecule has 132 valence electrons. The molecule has 0 fully saturated rings.